The Morgan fingerprint density at radius 1 is 1.12 bits per heavy atom. The van der Waals surface area contributed by atoms with E-state index in [1.54, 1.807) is 42.1 Å². The Balaban J connectivity index is 1.30. The van der Waals surface area contributed by atoms with E-state index in [1.165, 1.54) is 18.2 Å². The van der Waals surface area contributed by atoms with Crippen molar-refractivity contribution in [3.05, 3.63) is 77.9 Å². The number of likely N-dealkylation sites (tertiary alicyclic amines) is 1. The average molecular weight is 454 g/mol. The molecule has 3 heterocycles. The van der Waals surface area contributed by atoms with Gasteiger partial charge in [0, 0.05) is 48.6 Å². The Hall–Kier alpha value is -3.13. The van der Waals surface area contributed by atoms with Crippen LogP contribution in [0, 0.1) is 11.2 Å². The number of nitrogens with zero attached hydrogens (tertiary/aromatic N) is 4. The van der Waals surface area contributed by atoms with Crippen molar-refractivity contribution < 1.29 is 18.0 Å². The first-order valence-corrected chi connectivity index (χ1v) is 10.9. The van der Waals surface area contributed by atoms with Crippen molar-refractivity contribution >= 4 is 5.71 Å². The first kappa shape index (κ1) is 21.7. The molecular formula is C25H25F3N4O. The third-order valence-corrected chi connectivity index (χ3v) is 6.54. The molecule has 1 saturated heterocycles. The molecule has 0 amide bonds. The maximum absolute atomic E-state index is 15.0. The topological polar surface area (TPSA) is 42.6 Å². The normalized spacial score (nSPS) is 20.3. The minimum atomic E-state index is -2.95. The largest absolute Gasteiger partial charge is 0.390 e. The minimum Gasteiger partial charge on any atom is -0.390 e. The van der Waals surface area contributed by atoms with Crippen molar-refractivity contribution in [2.45, 2.75) is 31.9 Å². The molecule has 0 bridgehead atoms. The minimum absolute atomic E-state index is 0.0421. The summed E-state index contributed by atoms with van der Waals surface area (Å²) in [6.45, 7) is 2.85. The molecule has 0 spiro atoms. The molecule has 33 heavy (non-hydrogen) atoms. The smallest absolute Gasteiger partial charge is 0.280 e. The van der Waals surface area contributed by atoms with Crippen LogP contribution in [0.2, 0.25) is 0 Å². The van der Waals surface area contributed by atoms with Crippen LogP contribution in [0.25, 0.3) is 11.1 Å². The molecule has 1 aromatic heterocycles. The van der Waals surface area contributed by atoms with Crippen LogP contribution < -0.4 is 0 Å². The molecule has 2 aliphatic heterocycles. The Morgan fingerprint density at radius 2 is 1.85 bits per heavy atom. The van der Waals surface area contributed by atoms with E-state index >= 15 is 8.78 Å². The second-order valence-corrected chi connectivity index (χ2v) is 9.28. The van der Waals surface area contributed by atoms with Crippen LogP contribution in [0.15, 0.2) is 66.1 Å². The molecule has 8 heteroatoms. The van der Waals surface area contributed by atoms with Gasteiger partial charge in [-0.05, 0) is 24.7 Å². The van der Waals surface area contributed by atoms with Crippen LogP contribution in [-0.4, -0.2) is 46.6 Å². The Kier molecular flexibility index (Phi) is 5.28. The van der Waals surface area contributed by atoms with Gasteiger partial charge < -0.3 is 9.74 Å². The fourth-order valence-corrected chi connectivity index (χ4v) is 4.79. The Bertz CT molecular complexity index is 1170. The fraction of sp³-hybridized carbons (Fsp3) is 0.360. The van der Waals surface area contributed by atoms with Gasteiger partial charge in [-0.15, -0.1) is 0 Å². The standard InChI is InChI=1S/C25H25F3N4O/c1-24(15-31(2)16-24)25(27,28)19-7-4-17(5-8-19)21-9-6-18(12-22(21)26)23-13-20(33-30-23)14-32-11-3-10-29-32/h3-12,20H,13-16H2,1-2H3/t20-/m1/s1. The van der Waals surface area contributed by atoms with Gasteiger partial charge in [-0.1, -0.05) is 48.5 Å². The average Bonchev–Trinajstić information content (AvgIpc) is 3.45. The quantitative estimate of drug-likeness (QED) is 0.531. The number of rotatable bonds is 6. The molecule has 1 fully saturated rings. The Labute approximate surface area is 190 Å². The van der Waals surface area contributed by atoms with Crippen molar-refractivity contribution in [2.75, 3.05) is 20.1 Å². The third kappa shape index (κ3) is 3.93. The van der Waals surface area contributed by atoms with Gasteiger partial charge in [-0.25, -0.2) is 13.2 Å². The molecule has 3 aromatic rings. The summed E-state index contributed by atoms with van der Waals surface area (Å²) in [4.78, 5) is 7.35. The highest BCUT2D eigenvalue weighted by atomic mass is 19.3. The van der Waals surface area contributed by atoms with Crippen LogP contribution in [0.3, 0.4) is 0 Å². The van der Waals surface area contributed by atoms with E-state index in [1.807, 2.05) is 24.2 Å². The number of oxime groups is 1. The lowest BCUT2D eigenvalue weighted by Gasteiger charge is -2.50. The van der Waals surface area contributed by atoms with Crippen LogP contribution >= 0.6 is 0 Å². The molecule has 172 valence electrons. The van der Waals surface area contributed by atoms with Gasteiger partial charge in [0.1, 0.15) is 5.82 Å². The lowest BCUT2D eigenvalue weighted by molar-refractivity contribution is -0.183. The van der Waals surface area contributed by atoms with Crippen LogP contribution in [0.1, 0.15) is 24.5 Å². The van der Waals surface area contributed by atoms with Crippen molar-refractivity contribution in [2.24, 2.45) is 10.6 Å². The lowest BCUT2D eigenvalue weighted by atomic mass is 9.73. The highest BCUT2D eigenvalue weighted by Gasteiger charge is 2.56. The molecular weight excluding hydrogens is 429 g/mol. The molecule has 1 atom stereocenters. The number of aromatic nitrogens is 2. The van der Waals surface area contributed by atoms with Gasteiger partial charge >= 0.3 is 0 Å². The van der Waals surface area contributed by atoms with Crippen molar-refractivity contribution in [3.63, 3.8) is 0 Å². The monoisotopic (exact) mass is 454 g/mol. The number of hydrogen-bond acceptors (Lipinski definition) is 4. The molecule has 0 radical (unpaired) electrons. The van der Waals surface area contributed by atoms with Gasteiger partial charge in [-0.2, -0.15) is 5.10 Å². The lowest BCUT2D eigenvalue weighted by Crippen LogP contribution is -2.60. The molecule has 5 nitrogen and oxygen atoms in total. The predicted octanol–water partition coefficient (Wildman–Crippen LogP) is 4.93. The number of hydrogen-bond donors (Lipinski definition) is 0. The van der Waals surface area contributed by atoms with E-state index in [0.29, 0.717) is 48.5 Å². The van der Waals surface area contributed by atoms with Gasteiger partial charge in [0.05, 0.1) is 17.7 Å². The van der Waals surface area contributed by atoms with E-state index in [0.717, 1.165) is 0 Å². The Morgan fingerprint density at radius 3 is 2.48 bits per heavy atom. The molecule has 0 N–H and O–H groups in total. The van der Waals surface area contributed by atoms with E-state index in [4.69, 9.17) is 4.84 Å². The molecule has 2 aromatic carbocycles. The summed E-state index contributed by atoms with van der Waals surface area (Å²) in [6.07, 6.45) is 3.94. The summed E-state index contributed by atoms with van der Waals surface area (Å²) in [5.74, 6) is -3.38. The summed E-state index contributed by atoms with van der Waals surface area (Å²) in [7, 11) is 1.83. The summed E-state index contributed by atoms with van der Waals surface area (Å²) in [5.41, 5.74) is 1.09. The van der Waals surface area contributed by atoms with Crippen molar-refractivity contribution in [1.82, 2.24) is 14.7 Å². The fourth-order valence-electron chi connectivity index (χ4n) is 4.79. The van der Waals surface area contributed by atoms with Crippen molar-refractivity contribution in [3.8, 4) is 11.1 Å². The summed E-state index contributed by atoms with van der Waals surface area (Å²) >= 11 is 0. The molecule has 0 saturated carbocycles. The highest BCUT2D eigenvalue weighted by Crippen LogP contribution is 2.50. The first-order chi connectivity index (χ1) is 15.7. The zero-order valence-corrected chi connectivity index (χ0v) is 18.5. The number of benzene rings is 2. The molecule has 5 rings (SSSR count). The summed E-state index contributed by atoms with van der Waals surface area (Å²) < 4.78 is 46.8. The number of alkyl halides is 2. The van der Waals surface area contributed by atoms with Crippen LogP contribution in [0.5, 0.6) is 0 Å². The van der Waals surface area contributed by atoms with Gasteiger partial charge in [0.2, 0.25) is 0 Å². The van der Waals surface area contributed by atoms with Crippen LogP contribution in [-0.2, 0) is 17.3 Å². The molecule has 2 aliphatic rings. The van der Waals surface area contributed by atoms with Gasteiger partial charge in [-0.3, -0.25) is 4.68 Å². The third-order valence-electron chi connectivity index (χ3n) is 6.54. The van der Waals surface area contributed by atoms with E-state index in [-0.39, 0.29) is 11.7 Å². The second-order valence-electron chi connectivity index (χ2n) is 9.28. The van der Waals surface area contributed by atoms with Gasteiger partial charge in [0.15, 0.2) is 6.10 Å². The van der Waals surface area contributed by atoms with Gasteiger partial charge in [0.25, 0.3) is 5.92 Å². The zero-order valence-electron chi connectivity index (χ0n) is 18.5. The second kappa shape index (κ2) is 8.02. The SMILES string of the molecule is CN1CC(C)(C(F)(F)c2ccc(-c3ccc(C4=NO[C@@H](Cn5cccn5)C4)cc3F)cc2)C1. The maximum atomic E-state index is 15.0. The molecule has 0 aliphatic carbocycles. The van der Waals surface area contributed by atoms with Crippen molar-refractivity contribution in [1.29, 1.82) is 0 Å². The van der Waals surface area contributed by atoms with Crippen LogP contribution in [0.4, 0.5) is 13.2 Å². The van der Waals surface area contributed by atoms with E-state index in [9.17, 15) is 4.39 Å². The van der Waals surface area contributed by atoms with E-state index < -0.39 is 17.2 Å². The highest BCUT2D eigenvalue weighted by molar-refractivity contribution is 6.01. The summed E-state index contributed by atoms with van der Waals surface area (Å²) in [5, 5.41) is 8.27. The maximum Gasteiger partial charge on any atom is 0.280 e. The summed E-state index contributed by atoms with van der Waals surface area (Å²) in [6, 6.07) is 12.6. The van der Waals surface area contributed by atoms with E-state index in [2.05, 4.69) is 10.3 Å². The molecule has 0 unspecified atom stereocenters. The number of halogens is 3. The first-order valence-electron chi connectivity index (χ1n) is 10.9. The predicted molar refractivity (Wildman–Crippen MR) is 120 cm³/mol. The zero-order chi connectivity index (χ0) is 23.2.